The van der Waals surface area contributed by atoms with Gasteiger partial charge in [0.25, 0.3) is 0 Å². The van der Waals surface area contributed by atoms with Gasteiger partial charge in [-0.2, -0.15) is 0 Å². The number of hydrogen-bond acceptors (Lipinski definition) is 2. The molecule has 1 atom stereocenters. The molecular formula is C9H16BrNO2. The van der Waals surface area contributed by atoms with E-state index in [-0.39, 0.29) is 17.4 Å². The third kappa shape index (κ3) is 3.27. The number of amides is 1. The van der Waals surface area contributed by atoms with E-state index in [2.05, 4.69) is 21.2 Å². The van der Waals surface area contributed by atoms with Gasteiger partial charge < -0.3 is 10.1 Å². The van der Waals surface area contributed by atoms with Crippen molar-refractivity contribution in [2.45, 2.75) is 25.8 Å². The van der Waals surface area contributed by atoms with Gasteiger partial charge in [-0.3, -0.25) is 4.79 Å². The van der Waals surface area contributed by atoms with Crippen molar-refractivity contribution < 1.29 is 9.53 Å². The van der Waals surface area contributed by atoms with Crippen molar-refractivity contribution in [2.24, 2.45) is 5.92 Å². The Hall–Kier alpha value is -0.0900. The van der Waals surface area contributed by atoms with Gasteiger partial charge in [-0.1, -0.05) is 15.9 Å². The monoisotopic (exact) mass is 249 g/mol. The summed E-state index contributed by atoms with van der Waals surface area (Å²) >= 11 is 3.36. The number of ether oxygens (including phenoxy) is 1. The minimum Gasteiger partial charge on any atom is -0.381 e. The van der Waals surface area contributed by atoms with Crippen LogP contribution >= 0.6 is 15.9 Å². The van der Waals surface area contributed by atoms with Gasteiger partial charge in [-0.05, 0) is 20.3 Å². The Bertz CT molecular complexity index is 188. The number of alkyl halides is 1. The van der Waals surface area contributed by atoms with Crippen LogP contribution in [0.4, 0.5) is 0 Å². The molecule has 0 aliphatic carbocycles. The smallest absolute Gasteiger partial charge is 0.225 e. The second-order valence-electron chi connectivity index (χ2n) is 4.07. The molecular weight excluding hydrogens is 234 g/mol. The van der Waals surface area contributed by atoms with Crippen LogP contribution < -0.4 is 5.32 Å². The van der Waals surface area contributed by atoms with Crippen LogP contribution in [0.1, 0.15) is 20.3 Å². The molecule has 0 saturated carbocycles. The van der Waals surface area contributed by atoms with Gasteiger partial charge in [-0.15, -0.1) is 0 Å². The third-order valence-corrected chi connectivity index (χ3v) is 3.50. The maximum absolute atomic E-state index is 11.6. The molecule has 3 nitrogen and oxygen atoms in total. The van der Waals surface area contributed by atoms with Crippen molar-refractivity contribution in [2.75, 3.05) is 18.5 Å². The van der Waals surface area contributed by atoms with E-state index in [1.807, 2.05) is 13.8 Å². The molecule has 4 heteroatoms. The number of carbonyl (C=O) groups is 1. The zero-order valence-corrected chi connectivity index (χ0v) is 9.69. The van der Waals surface area contributed by atoms with Crippen LogP contribution in [-0.4, -0.2) is 30.0 Å². The summed E-state index contributed by atoms with van der Waals surface area (Å²) in [6.45, 7) is 5.28. The zero-order valence-electron chi connectivity index (χ0n) is 8.10. The molecule has 13 heavy (non-hydrogen) atoms. The normalized spacial score (nSPS) is 23.2. The Labute approximate surface area is 87.3 Å². The van der Waals surface area contributed by atoms with Crippen LogP contribution in [0, 0.1) is 5.92 Å². The van der Waals surface area contributed by atoms with Gasteiger partial charge in [-0.25, -0.2) is 0 Å². The first-order valence-electron chi connectivity index (χ1n) is 4.51. The molecule has 0 radical (unpaired) electrons. The van der Waals surface area contributed by atoms with E-state index < -0.39 is 0 Å². The molecule has 1 rings (SSSR count). The lowest BCUT2D eigenvalue weighted by atomic mass is 10.0. The van der Waals surface area contributed by atoms with Crippen LogP contribution in [0.5, 0.6) is 0 Å². The molecule has 1 N–H and O–H groups in total. The van der Waals surface area contributed by atoms with Crippen LogP contribution in [-0.2, 0) is 9.53 Å². The van der Waals surface area contributed by atoms with Gasteiger partial charge >= 0.3 is 0 Å². The largest absolute Gasteiger partial charge is 0.381 e. The molecule has 76 valence electrons. The summed E-state index contributed by atoms with van der Waals surface area (Å²) in [5.41, 5.74) is -0.167. The lowest BCUT2D eigenvalue weighted by Gasteiger charge is -2.25. The van der Waals surface area contributed by atoms with Crippen molar-refractivity contribution >= 4 is 21.8 Å². The summed E-state index contributed by atoms with van der Waals surface area (Å²) < 4.78 is 5.15. The number of rotatable bonds is 3. The Morgan fingerprint density at radius 1 is 1.69 bits per heavy atom. The highest BCUT2D eigenvalue weighted by atomic mass is 79.9. The van der Waals surface area contributed by atoms with Crippen LogP contribution in [0.3, 0.4) is 0 Å². The average molecular weight is 250 g/mol. The lowest BCUT2D eigenvalue weighted by Crippen LogP contribution is -2.47. The highest BCUT2D eigenvalue weighted by Gasteiger charge is 2.27. The van der Waals surface area contributed by atoms with E-state index in [0.717, 1.165) is 11.8 Å². The molecule has 0 bridgehead atoms. The summed E-state index contributed by atoms with van der Waals surface area (Å²) in [4.78, 5) is 11.6. The molecule has 0 aromatic heterocycles. The maximum Gasteiger partial charge on any atom is 0.225 e. The number of hydrogen-bond donors (Lipinski definition) is 1. The topological polar surface area (TPSA) is 38.3 Å². The first kappa shape index (κ1) is 11.0. The van der Waals surface area contributed by atoms with Gasteiger partial charge in [0.15, 0.2) is 0 Å². The number of carbonyl (C=O) groups excluding carboxylic acids is 1. The Morgan fingerprint density at radius 3 is 2.85 bits per heavy atom. The minimum atomic E-state index is -0.167. The van der Waals surface area contributed by atoms with E-state index in [4.69, 9.17) is 4.74 Å². The first-order valence-corrected chi connectivity index (χ1v) is 5.63. The molecule has 1 heterocycles. The summed E-state index contributed by atoms with van der Waals surface area (Å²) in [7, 11) is 0. The fourth-order valence-electron chi connectivity index (χ4n) is 1.21. The predicted octanol–water partition coefficient (Wildman–Crippen LogP) is 1.31. The van der Waals surface area contributed by atoms with Crippen molar-refractivity contribution in [3.05, 3.63) is 0 Å². The fraction of sp³-hybridized carbons (Fsp3) is 0.889. The lowest BCUT2D eigenvalue weighted by molar-refractivity contribution is -0.126. The molecule has 0 spiro atoms. The predicted molar refractivity (Wildman–Crippen MR) is 54.9 cm³/mol. The molecule has 1 aliphatic rings. The summed E-state index contributed by atoms with van der Waals surface area (Å²) in [6, 6.07) is 0. The van der Waals surface area contributed by atoms with E-state index in [1.54, 1.807) is 0 Å². The van der Waals surface area contributed by atoms with Crippen LogP contribution in [0.25, 0.3) is 0 Å². The summed E-state index contributed by atoms with van der Waals surface area (Å²) in [5, 5.41) is 3.75. The molecule has 1 aliphatic heterocycles. The number of halogens is 1. The minimum absolute atomic E-state index is 0.0540. The van der Waals surface area contributed by atoms with Gasteiger partial charge in [0.1, 0.15) is 0 Å². The van der Waals surface area contributed by atoms with Crippen LogP contribution in [0.2, 0.25) is 0 Å². The second-order valence-corrected chi connectivity index (χ2v) is 4.63. The summed E-state index contributed by atoms with van der Waals surface area (Å²) in [6.07, 6.45) is 0.851. The van der Waals surface area contributed by atoms with Crippen molar-refractivity contribution in [1.82, 2.24) is 5.32 Å². The highest BCUT2D eigenvalue weighted by Crippen LogP contribution is 2.14. The van der Waals surface area contributed by atoms with Crippen molar-refractivity contribution in [3.63, 3.8) is 0 Å². The zero-order chi connectivity index (χ0) is 9.90. The summed E-state index contributed by atoms with van der Waals surface area (Å²) in [5.74, 6) is 0.167. The SMILES string of the molecule is CC(C)(CBr)NC(=O)C1CCOC1. The first-order chi connectivity index (χ1) is 6.05. The Kier molecular flexibility index (Phi) is 3.74. The van der Waals surface area contributed by atoms with Gasteiger partial charge in [0, 0.05) is 17.5 Å². The highest BCUT2D eigenvalue weighted by molar-refractivity contribution is 9.09. The second kappa shape index (κ2) is 4.42. The van der Waals surface area contributed by atoms with Crippen molar-refractivity contribution in [3.8, 4) is 0 Å². The molecule has 0 aromatic rings. The molecule has 1 fully saturated rings. The van der Waals surface area contributed by atoms with E-state index in [9.17, 15) is 4.79 Å². The maximum atomic E-state index is 11.6. The fourth-order valence-corrected chi connectivity index (χ4v) is 1.35. The third-order valence-electron chi connectivity index (χ3n) is 2.10. The van der Waals surface area contributed by atoms with E-state index >= 15 is 0 Å². The van der Waals surface area contributed by atoms with Crippen LogP contribution in [0.15, 0.2) is 0 Å². The molecule has 1 amide bonds. The Balaban J connectivity index is 2.40. The standard InChI is InChI=1S/C9H16BrNO2/c1-9(2,6-10)11-8(12)7-3-4-13-5-7/h7H,3-6H2,1-2H3,(H,11,12). The number of nitrogens with one attached hydrogen (secondary N) is 1. The van der Waals surface area contributed by atoms with E-state index in [1.165, 1.54) is 0 Å². The molecule has 1 saturated heterocycles. The van der Waals surface area contributed by atoms with Crippen molar-refractivity contribution in [1.29, 1.82) is 0 Å². The Morgan fingerprint density at radius 2 is 2.38 bits per heavy atom. The van der Waals surface area contributed by atoms with E-state index in [0.29, 0.717) is 13.2 Å². The van der Waals surface area contributed by atoms with Gasteiger partial charge in [0.2, 0.25) is 5.91 Å². The molecule has 1 unspecified atom stereocenters. The molecule has 0 aromatic carbocycles. The average Bonchev–Trinajstić information content (AvgIpc) is 2.55. The quantitative estimate of drug-likeness (QED) is 0.767. The van der Waals surface area contributed by atoms with Gasteiger partial charge in [0.05, 0.1) is 12.5 Å².